The number of hydrogen-bond donors (Lipinski definition) is 1. The lowest BCUT2D eigenvalue weighted by Crippen LogP contribution is -2.34. The van der Waals surface area contributed by atoms with Crippen molar-refractivity contribution in [2.75, 3.05) is 0 Å². The molecule has 4 rings (SSSR count). The molecule has 1 N–H and O–H groups in total. The molecule has 2 heterocycles. The molecule has 7 heteroatoms. The van der Waals surface area contributed by atoms with E-state index < -0.39 is 0 Å². The summed E-state index contributed by atoms with van der Waals surface area (Å²) in [6, 6.07) is 7.77. The normalized spacial score (nSPS) is 15.4. The molecular weight excluding hydrogens is 408 g/mol. The molecule has 1 atom stereocenters. The van der Waals surface area contributed by atoms with Crippen LogP contribution in [0, 0.1) is 12.8 Å². The molecule has 1 aliphatic rings. The molecule has 1 aliphatic carbocycles. The number of benzene rings is 1. The average Bonchev–Trinajstić information content (AvgIpc) is 3.35. The zero-order valence-electron chi connectivity index (χ0n) is 15.7. The van der Waals surface area contributed by atoms with Crippen LogP contribution in [0.25, 0.3) is 10.9 Å². The summed E-state index contributed by atoms with van der Waals surface area (Å²) < 4.78 is 8.50. The average molecular weight is 431 g/mol. The summed E-state index contributed by atoms with van der Waals surface area (Å²) in [4.78, 5) is 17.3. The largest absolute Gasteiger partial charge is 0.342 e. The second-order valence-corrected chi connectivity index (χ2v) is 8.35. The van der Waals surface area contributed by atoms with Gasteiger partial charge in [0.2, 0.25) is 11.8 Å². The van der Waals surface area contributed by atoms with Crippen molar-refractivity contribution in [2.24, 2.45) is 5.92 Å². The van der Waals surface area contributed by atoms with Gasteiger partial charge in [0.1, 0.15) is 12.6 Å². The summed E-state index contributed by atoms with van der Waals surface area (Å²) >= 11 is 3.64. The Morgan fingerprint density at radius 3 is 2.81 bits per heavy atom. The van der Waals surface area contributed by atoms with Crippen molar-refractivity contribution in [1.29, 1.82) is 0 Å². The van der Waals surface area contributed by atoms with Crippen LogP contribution in [0.15, 0.2) is 33.3 Å². The summed E-state index contributed by atoms with van der Waals surface area (Å²) in [7, 11) is 0. The van der Waals surface area contributed by atoms with E-state index in [2.05, 4.69) is 37.5 Å². The maximum atomic E-state index is 12.8. The molecule has 1 unspecified atom stereocenters. The van der Waals surface area contributed by atoms with Crippen molar-refractivity contribution in [3.63, 3.8) is 0 Å². The van der Waals surface area contributed by atoms with Gasteiger partial charge in [-0.25, -0.2) is 0 Å². The Bertz CT molecular complexity index is 987. The van der Waals surface area contributed by atoms with Crippen molar-refractivity contribution in [2.45, 2.75) is 52.1 Å². The Morgan fingerprint density at radius 1 is 1.37 bits per heavy atom. The topological polar surface area (TPSA) is 73.0 Å². The Balaban J connectivity index is 1.54. The van der Waals surface area contributed by atoms with Crippen molar-refractivity contribution < 1.29 is 9.32 Å². The number of hydrogen-bond acceptors (Lipinski definition) is 4. The third kappa shape index (κ3) is 3.52. The first kappa shape index (κ1) is 18.2. The van der Waals surface area contributed by atoms with Gasteiger partial charge in [-0.2, -0.15) is 4.98 Å². The van der Waals surface area contributed by atoms with Gasteiger partial charge >= 0.3 is 0 Å². The molecule has 27 heavy (non-hydrogen) atoms. The summed E-state index contributed by atoms with van der Waals surface area (Å²) in [5, 5.41) is 8.27. The number of nitrogens with zero attached hydrogens (tertiary/aromatic N) is 3. The lowest BCUT2D eigenvalue weighted by molar-refractivity contribution is -0.122. The highest BCUT2D eigenvalue weighted by Gasteiger charge is 2.31. The van der Waals surface area contributed by atoms with Crippen molar-refractivity contribution in [3.05, 3.63) is 46.1 Å². The highest BCUT2D eigenvalue weighted by molar-refractivity contribution is 9.10. The van der Waals surface area contributed by atoms with Gasteiger partial charge in [-0.1, -0.05) is 37.2 Å². The van der Waals surface area contributed by atoms with Crippen LogP contribution in [0.3, 0.4) is 0 Å². The van der Waals surface area contributed by atoms with E-state index in [0.717, 1.165) is 39.7 Å². The van der Waals surface area contributed by atoms with Gasteiger partial charge < -0.3 is 14.4 Å². The smallest absolute Gasteiger partial charge is 0.249 e. The van der Waals surface area contributed by atoms with Crippen LogP contribution < -0.4 is 5.32 Å². The second-order valence-electron chi connectivity index (χ2n) is 7.56. The maximum absolute atomic E-state index is 12.8. The fourth-order valence-corrected chi connectivity index (χ4v) is 3.90. The fourth-order valence-electron chi connectivity index (χ4n) is 3.35. The first-order valence-electron chi connectivity index (χ1n) is 9.32. The van der Waals surface area contributed by atoms with Gasteiger partial charge in [0.15, 0.2) is 5.82 Å². The zero-order chi connectivity index (χ0) is 19.1. The van der Waals surface area contributed by atoms with Crippen LogP contribution in [0.4, 0.5) is 0 Å². The Kier molecular flexibility index (Phi) is 4.80. The third-order valence-electron chi connectivity index (χ3n) is 5.10. The van der Waals surface area contributed by atoms with Crippen LogP contribution in [-0.4, -0.2) is 20.6 Å². The maximum Gasteiger partial charge on any atom is 0.249 e. The van der Waals surface area contributed by atoms with E-state index in [1.54, 1.807) is 0 Å². The molecule has 1 saturated carbocycles. The number of halogens is 1. The molecule has 0 aliphatic heterocycles. The van der Waals surface area contributed by atoms with E-state index in [4.69, 9.17) is 4.52 Å². The SMILES string of the molecule is Cc1c(Br)c2ccccc2n1CC(=O)NC(c1nc(C2CC2)no1)C(C)C. The van der Waals surface area contributed by atoms with Crippen LogP contribution in [0.2, 0.25) is 0 Å². The quantitative estimate of drug-likeness (QED) is 0.625. The number of carbonyl (C=O) groups is 1. The van der Waals surface area contributed by atoms with Crippen molar-refractivity contribution in [1.82, 2.24) is 20.0 Å². The standard InChI is InChI=1S/C20H23BrN4O2/c1-11(2)18(20-23-19(24-27-20)13-8-9-13)22-16(26)10-25-12(3)17(21)14-6-4-5-7-15(14)25/h4-7,11,13,18H,8-10H2,1-3H3,(H,22,26). The lowest BCUT2D eigenvalue weighted by atomic mass is 10.0. The highest BCUT2D eigenvalue weighted by Crippen LogP contribution is 2.38. The van der Waals surface area contributed by atoms with E-state index in [9.17, 15) is 4.79 Å². The number of aromatic nitrogens is 3. The molecule has 1 aromatic carbocycles. The number of nitrogens with one attached hydrogen (secondary N) is 1. The molecule has 1 amide bonds. The molecular formula is C20H23BrN4O2. The Labute approximate surface area is 166 Å². The van der Waals surface area contributed by atoms with Gasteiger partial charge in [-0.3, -0.25) is 4.79 Å². The first-order chi connectivity index (χ1) is 13.0. The van der Waals surface area contributed by atoms with Crippen molar-refractivity contribution >= 4 is 32.7 Å². The van der Waals surface area contributed by atoms with Gasteiger partial charge in [-0.15, -0.1) is 0 Å². The molecule has 1 fully saturated rings. The van der Waals surface area contributed by atoms with Crippen LogP contribution in [-0.2, 0) is 11.3 Å². The number of fused-ring (bicyclic) bond motifs is 1. The molecule has 0 bridgehead atoms. The number of rotatable bonds is 6. The van der Waals surface area contributed by atoms with Crippen LogP contribution in [0.5, 0.6) is 0 Å². The van der Waals surface area contributed by atoms with Gasteiger partial charge in [0.05, 0.1) is 0 Å². The van der Waals surface area contributed by atoms with E-state index in [1.165, 1.54) is 0 Å². The predicted octanol–water partition coefficient (Wildman–Crippen LogP) is 4.49. The molecule has 0 saturated heterocycles. The number of amides is 1. The number of carbonyl (C=O) groups excluding carboxylic acids is 1. The summed E-state index contributed by atoms with van der Waals surface area (Å²) in [6.07, 6.45) is 2.24. The monoisotopic (exact) mass is 430 g/mol. The van der Waals surface area contributed by atoms with E-state index in [-0.39, 0.29) is 24.4 Å². The minimum atomic E-state index is -0.289. The summed E-state index contributed by atoms with van der Waals surface area (Å²) in [5.74, 6) is 1.76. The first-order valence-corrected chi connectivity index (χ1v) is 10.1. The predicted molar refractivity (Wildman–Crippen MR) is 106 cm³/mol. The van der Waals surface area contributed by atoms with Crippen LogP contribution >= 0.6 is 15.9 Å². The van der Waals surface area contributed by atoms with Gasteiger partial charge in [-0.05, 0) is 47.7 Å². The summed E-state index contributed by atoms with van der Waals surface area (Å²) in [5.41, 5.74) is 2.06. The molecule has 142 valence electrons. The Hall–Kier alpha value is -2.15. The molecule has 2 aromatic heterocycles. The minimum absolute atomic E-state index is 0.0729. The zero-order valence-corrected chi connectivity index (χ0v) is 17.3. The molecule has 0 spiro atoms. The van der Waals surface area contributed by atoms with E-state index in [0.29, 0.717) is 11.8 Å². The minimum Gasteiger partial charge on any atom is -0.342 e. The van der Waals surface area contributed by atoms with Gasteiger partial charge in [0, 0.05) is 27.0 Å². The van der Waals surface area contributed by atoms with E-state index in [1.807, 2.05) is 43.5 Å². The highest BCUT2D eigenvalue weighted by atomic mass is 79.9. The fraction of sp³-hybridized carbons (Fsp3) is 0.450. The number of para-hydroxylation sites is 1. The molecule has 0 radical (unpaired) electrons. The van der Waals surface area contributed by atoms with E-state index >= 15 is 0 Å². The lowest BCUT2D eigenvalue weighted by Gasteiger charge is -2.19. The summed E-state index contributed by atoms with van der Waals surface area (Å²) in [6.45, 7) is 6.33. The van der Waals surface area contributed by atoms with Crippen molar-refractivity contribution in [3.8, 4) is 0 Å². The third-order valence-corrected chi connectivity index (χ3v) is 6.11. The molecule has 6 nitrogen and oxygen atoms in total. The van der Waals surface area contributed by atoms with Gasteiger partial charge in [0.25, 0.3) is 0 Å². The molecule has 3 aromatic rings. The van der Waals surface area contributed by atoms with Crippen LogP contribution in [0.1, 0.15) is 56.1 Å². The Morgan fingerprint density at radius 2 is 2.11 bits per heavy atom. The second kappa shape index (κ2) is 7.11.